The molecule has 0 spiro atoms. The van der Waals surface area contributed by atoms with Crippen LogP contribution in [0.15, 0.2) is 72.9 Å². The smallest absolute Gasteiger partial charge is 0.340 e. The van der Waals surface area contributed by atoms with Crippen LogP contribution in [-0.4, -0.2) is 33.6 Å². The first-order valence-electron chi connectivity index (χ1n) is 9.57. The van der Waals surface area contributed by atoms with E-state index in [1.54, 1.807) is 85.3 Å². The van der Waals surface area contributed by atoms with Gasteiger partial charge in [0, 0.05) is 23.5 Å². The fourth-order valence-corrected chi connectivity index (χ4v) is 3.11. The Morgan fingerprint density at radius 2 is 1.81 bits per heavy atom. The summed E-state index contributed by atoms with van der Waals surface area (Å²) in [6, 6.07) is 19.1. The Labute approximate surface area is 178 Å². The first kappa shape index (κ1) is 20.1. The maximum Gasteiger partial charge on any atom is 0.340 e. The van der Waals surface area contributed by atoms with Gasteiger partial charge in [0.1, 0.15) is 11.6 Å². The van der Waals surface area contributed by atoms with Gasteiger partial charge in [-0.1, -0.05) is 36.4 Å². The second-order valence-corrected chi connectivity index (χ2v) is 6.81. The van der Waals surface area contributed by atoms with Crippen LogP contribution in [0.3, 0.4) is 0 Å². The number of nitrogens with zero attached hydrogens (tertiary/aromatic N) is 3. The molecule has 8 heteroatoms. The molecule has 156 valence electrons. The van der Waals surface area contributed by atoms with E-state index in [1.165, 1.54) is 0 Å². The number of carbonyl (C=O) groups is 2. The molecule has 0 aliphatic rings. The van der Waals surface area contributed by atoms with Crippen LogP contribution in [0, 0.1) is 6.92 Å². The van der Waals surface area contributed by atoms with E-state index in [1.807, 2.05) is 6.07 Å². The quantitative estimate of drug-likeness (QED) is 0.483. The van der Waals surface area contributed by atoms with Gasteiger partial charge in [-0.25, -0.2) is 4.79 Å². The number of carbonyl (C=O) groups excluding carboxylic acids is 2. The van der Waals surface area contributed by atoms with Crippen LogP contribution in [-0.2, 0) is 9.53 Å². The zero-order valence-electron chi connectivity index (χ0n) is 17.0. The highest BCUT2D eigenvalue weighted by molar-refractivity contribution is 5.98. The number of aromatic nitrogens is 3. The number of benzene rings is 2. The van der Waals surface area contributed by atoms with Crippen LogP contribution in [0.5, 0.6) is 5.75 Å². The van der Waals surface area contributed by atoms with Gasteiger partial charge in [-0.05, 0) is 31.2 Å². The summed E-state index contributed by atoms with van der Waals surface area (Å²) in [5, 5.41) is 10.8. The molecule has 0 bridgehead atoms. The number of fused-ring (bicyclic) bond motifs is 1. The van der Waals surface area contributed by atoms with Crippen molar-refractivity contribution in [1.29, 1.82) is 0 Å². The molecule has 0 fully saturated rings. The van der Waals surface area contributed by atoms with Crippen LogP contribution >= 0.6 is 0 Å². The van der Waals surface area contributed by atoms with Gasteiger partial charge < -0.3 is 14.8 Å². The maximum absolute atomic E-state index is 13.1. The first-order valence-corrected chi connectivity index (χ1v) is 9.57. The Morgan fingerprint density at radius 1 is 1.00 bits per heavy atom. The minimum Gasteiger partial charge on any atom is -0.497 e. The first-order chi connectivity index (χ1) is 15.0. The van der Waals surface area contributed by atoms with Gasteiger partial charge in [-0.3, -0.25) is 9.20 Å². The topological polar surface area (TPSA) is 94.8 Å². The molecule has 4 aromatic rings. The van der Waals surface area contributed by atoms with E-state index >= 15 is 0 Å². The molecular weight excluding hydrogens is 396 g/mol. The molecule has 0 radical (unpaired) electrons. The molecule has 8 nitrogen and oxygen atoms in total. The lowest BCUT2D eigenvalue weighted by Crippen LogP contribution is -2.26. The van der Waals surface area contributed by atoms with E-state index in [2.05, 4.69) is 15.5 Å². The molecule has 0 aliphatic heterocycles. The summed E-state index contributed by atoms with van der Waals surface area (Å²) in [4.78, 5) is 25.9. The van der Waals surface area contributed by atoms with Gasteiger partial charge in [0.2, 0.25) is 6.10 Å². The fraction of sp³-hybridized carbons (Fsp3) is 0.130. The van der Waals surface area contributed by atoms with Crippen molar-refractivity contribution in [3.63, 3.8) is 0 Å². The van der Waals surface area contributed by atoms with Crippen molar-refractivity contribution in [3.8, 4) is 5.75 Å². The van der Waals surface area contributed by atoms with Crippen LogP contribution in [0.4, 0.5) is 5.69 Å². The predicted molar refractivity (Wildman–Crippen MR) is 114 cm³/mol. The van der Waals surface area contributed by atoms with Crippen molar-refractivity contribution >= 4 is 23.2 Å². The lowest BCUT2D eigenvalue weighted by atomic mass is 10.1. The second kappa shape index (κ2) is 8.66. The highest BCUT2D eigenvalue weighted by Gasteiger charge is 2.26. The number of nitrogens with one attached hydrogen (secondary N) is 1. The maximum atomic E-state index is 13.1. The molecule has 1 N–H and O–H groups in total. The third kappa shape index (κ3) is 4.37. The van der Waals surface area contributed by atoms with Gasteiger partial charge >= 0.3 is 5.97 Å². The van der Waals surface area contributed by atoms with Gasteiger partial charge in [-0.2, -0.15) is 0 Å². The molecule has 1 unspecified atom stereocenters. The molecule has 4 rings (SSSR count). The van der Waals surface area contributed by atoms with E-state index in [0.717, 1.165) is 0 Å². The number of ether oxygens (including phenoxy) is 2. The minimum absolute atomic E-state index is 0.283. The van der Waals surface area contributed by atoms with Crippen molar-refractivity contribution in [2.24, 2.45) is 0 Å². The summed E-state index contributed by atoms with van der Waals surface area (Å²) >= 11 is 0. The number of hydrogen-bond donors (Lipinski definition) is 1. The van der Waals surface area contributed by atoms with Crippen molar-refractivity contribution in [2.75, 3.05) is 12.4 Å². The molecule has 0 saturated heterocycles. The number of rotatable bonds is 6. The van der Waals surface area contributed by atoms with Crippen molar-refractivity contribution in [3.05, 3.63) is 89.9 Å². The van der Waals surface area contributed by atoms with Crippen LogP contribution in [0.1, 0.15) is 27.8 Å². The van der Waals surface area contributed by atoms with E-state index in [9.17, 15) is 9.59 Å². The summed E-state index contributed by atoms with van der Waals surface area (Å²) < 4.78 is 12.5. The number of amides is 1. The van der Waals surface area contributed by atoms with Crippen LogP contribution in [0.25, 0.3) is 5.65 Å². The Hall–Kier alpha value is -4.20. The van der Waals surface area contributed by atoms with Gasteiger partial charge in [0.05, 0.1) is 12.7 Å². The van der Waals surface area contributed by atoms with Crippen LogP contribution < -0.4 is 10.1 Å². The molecule has 0 aliphatic carbocycles. The molecule has 1 amide bonds. The third-order valence-corrected chi connectivity index (χ3v) is 4.71. The monoisotopic (exact) mass is 416 g/mol. The van der Waals surface area contributed by atoms with Gasteiger partial charge in [0.25, 0.3) is 5.91 Å². The lowest BCUT2D eigenvalue weighted by Gasteiger charge is -2.18. The molecule has 2 aromatic heterocycles. The summed E-state index contributed by atoms with van der Waals surface area (Å²) in [5.74, 6) is 0.128. The molecule has 31 heavy (non-hydrogen) atoms. The number of aryl methyl sites for hydroxylation is 1. The van der Waals surface area contributed by atoms with E-state index in [-0.39, 0.29) is 5.56 Å². The Bertz CT molecular complexity index is 1240. The summed E-state index contributed by atoms with van der Waals surface area (Å²) in [6.07, 6.45) is 0.451. The number of hydrogen-bond acceptors (Lipinski definition) is 6. The minimum atomic E-state index is -1.14. The average Bonchev–Trinajstić information content (AvgIpc) is 3.18. The predicted octanol–water partition coefficient (Wildman–Crippen LogP) is 3.58. The highest BCUT2D eigenvalue weighted by atomic mass is 16.5. The van der Waals surface area contributed by atoms with Crippen LogP contribution in [0.2, 0.25) is 0 Å². The average molecular weight is 416 g/mol. The Balaban J connectivity index is 1.60. The van der Waals surface area contributed by atoms with Gasteiger partial charge in [-0.15, -0.1) is 10.2 Å². The van der Waals surface area contributed by atoms with E-state index < -0.39 is 18.0 Å². The van der Waals surface area contributed by atoms with E-state index in [4.69, 9.17) is 9.47 Å². The normalized spacial score (nSPS) is 11.7. The van der Waals surface area contributed by atoms with Crippen molar-refractivity contribution < 1.29 is 19.1 Å². The van der Waals surface area contributed by atoms with Crippen molar-refractivity contribution in [1.82, 2.24) is 14.6 Å². The fourth-order valence-electron chi connectivity index (χ4n) is 3.11. The Morgan fingerprint density at radius 3 is 2.58 bits per heavy atom. The zero-order chi connectivity index (χ0) is 21.8. The number of methoxy groups -OCH3 is 1. The molecule has 2 aromatic carbocycles. The standard InChI is InChI=1S/C23H20N4O4/c1-15-25-26-20-12-11-17(14-27(15)20)23(29)31-21(16-7-4-3-5-8-16)22(28)24-18-9-6-10-19(13-18)30-2/h3-14,21H,1-2H3,(H,24,28). The highest BCUT2D eigenvalue weighted by Crippen LogP contribution is 2.23. The number of anilines is 1. The zero-order valence-corrected chi connectivity index (χ0v) is 17.0. The number of esters is 1. The van der Waals surface area contributed by atoms with Gasteiger partial charge in [0.15, 0.2) is 5.65 Å². The molecular formula is C23H20N4O4. The largest absolute Gasteiger partial charge is 0.497 e. The summed E-state index contributed by atoms with van der Waals surface area (Å²) in [6.45, 7) is 1.78. The lowest BCUT2D eigenvalue weighted by molar-refractivity contribution is -0.125. The SMILES string of the molecule is COc1cccc(NC(=O)C(OC(=O)c2ccc3nnc(C)n3c2)c2ccccc2)c1. The molecule has 2 heterocycles. The molecule has 1 atom stereocenters. The summed E-state index contributed by atoms with van der Waals surface area (Å²) in [5.41, 5.74) is 1.98. The number of pyridine rings is 1. The summed E-state index contributed by atoms with van der Waals surface area (Å²) in [7, 11) is 1.55. The van der Waals surface area contributed by atoms with E-state index in [0.29, 0.717) is 28.5 Å². The van der Waals surface area contributed by atoms with Crippen molar-refractivity contribution in [2.45, 2.75) is 13.0 Å². The second-order valence-electron chi connectivity index (χ2n) is 6.81. The Kier molecular flexibility index (Phi) is 5.61. The molecule has 0 saturated carbocycles. The third-order valence-electron chi connectivity index (χ3n) is 4.71.